The summed E-state index contributed by atoms with van der Waals surface area (Å²) in [6, 6.07) is 11.5. The van der Waals surface area contributed by atoms with E-state index in [9.17, 15) is 0 Å². The molecule has 0 radical (unpaired) electrons. The summed E-state index contributed by atoms with van der Waals surface area (Å²) >= 11 is 0. The minimum atomic E-state index is 0.277. The highest BCUT2D eigenvalue weighted by Crippen LogP contribution is 2.29. The summed E-state index contributed by atoms with van der Waals surface area (Å²) in [5, 5.41) is 8.46. The van der Waals surface area contributed by atoms with E-state index in [0.717, 1.165) is 54.5 Å². The Morgan fingerprint density at radius 2 is 1.82 bits per heavy atom. The van der Waals surface area contributed by atoms with Crippen molar-refractivity contribution < 1.29 is 18.9 Å². The molecule has 0 amide bonds. The van der Waals surface area contributed by atoms with E-state index in [1.807, 2.05) is 59.3 Å². The van der Waals surface area contributed by atoms with Crippen molar-refractivity contribution in [1.29, 1.82) is 0 Å². The SMILES string of the molecule is Cc1nnc(-c2cc(Oc3ccc(OCCOC4CCOCC4)cc3)n3cncc3c2)n1C. The number of hydrogen-bond acceptors (Lipinski definition) is 7. The smallest absolute Gasteiger partial charge is 0.206 e. The van der Waals surface area contributed by atoms with Crippen molar-refractivity contribution >= 4 is 5.52 Å². The molecule has 1 saturated heterocycles. The summed E-state index contributed by atoms with van der Waals surface area (Å²) in [4.78, 5) is 4.26. The predicted molar refractivity (Wildman–Crippen MR) is 122 cm³/mol. The van der Waals surface area contributed by atoms with Gasteiger partial charge in [0.25, 0.3) is 0 Å². The minimum Gasteiger partial charge on any atom is -0.491 e. The highest BCUT2D eigenvalue weighted by Gasteiger charge is 2.15. The van der Waals surface area contributed by atoms with Crippen molar-refractivity contribution in [2.45, 2.75) is 25.9 Å². The van der Waals surface area contributed by atoms with E-state index in [4.69, 9.17) is 18.9 Å². The van der Waals surface area contributed by atoms with Crippen LogP contribution in [0, 0.1) is 6.92 Å². The molecule has 0 N–H and O–H groups in total. The molecule has 0 aliphatic carbocycles. The third-order valence-electron chi connectivity index (χ3n) is 5.76. The molecule has 3 aromatic heterocycles. The molecule has 5 rings (SSSR count). The minimum absolute atomic E-state index is 0.277. The molecule has 1 aliphatic heterocycles. The fourth-order valence-corrected chi connectivity index (χ4v) is 3.81. The number of pyridine rings is 1. The van der Waals surface area contributed by atoms with Gasteiger partial charge in [0.05, 0.1) is 24.4 Å². The van der Waals surface area contributed by atoms with Gasteiger partial charge < -0.3 is 23.5 Å². The van der Waals surface area contributed by atoms with Gasteiger partial charge in [0.1, 0.15) is 30.3 Å². The molecule has 9 nitrogen and oxygen atoms in total. The third-order valence-corrected chi connectivity index (χ3v) is 5.76. The van der Waals surface area contributed by atoms with E-state index in [2.05, 4.69) is 15.2 Å². The summed E-state index contributed by atoms with van der Waals surface area (Å²) in [5.41, 5.74) is 1.82. The zero-order chi connectivity index (χ0) is 22.6. The van der Waals surface area contributed by atoms with Crippen LogP contribution in [-0.2, 0) is 16.5 Å². The normalized spacial score (nSPS) is 14.6. The number of aryl methyl sites for hydroxylation is 1. The molecule has 0 bridgehead atoms. The predicted octanol–water partition coefficient (Wildman–Crippen LogP) is 3.80. The van der Waals surface area contributed by atoms with Gasteiger partial charge in [0, 0.05) is 31.9 Å². The molecule has 1 aromatic carbocycles. The molecular weight excluding hydrogens is 422 g/mol. The molecule has 9 heteroatoms. The van der Waals surface area contributed by atoms with E-state index in [1.165, 1.54) is 0 Å². The number of imidazole rings is 1. The molecular formula is C24H27N5O4. The number of hydrogen-bond donors (Lipinski definition) is 0. The zero-order valence-electron chi connectivity index (χ0n) is 18.8. The van der Waals surface area contributed by atoms with Crippen LogP contribution < -0.4 is 9.47 Å². The van der Waals surface area contributed by atoms with Crippen LogP contribution in [0.15, 0.2) is 48.9 Å². The van der Waals surface area contributed by atoms with Gasteiger partial charge in [-0.25, -0.2) is 4.98 Å². The largest absolute Gasteiger partial charge is 0.491 e. The summed E-state index contributed by atoms with van der Waals surface area (Å²) in [7, 11) is 1.94. The Kier molecular flexibility index (Phi) is 6.23. The maximum atomic E-state index is 6.19. The topological polar surface area (TPSA) is 84.9 Å². The van der Waals surface area contributed by atoms with Gasteiger partial charge in [0.15, 0.2) is 5.82 Å². The first-order valence-corrected chi connectivity index (χ1v) is 11.1. The van der Waals surface area contributed by atoms with Crippen LogP contribution in [0.1, 0.15) is 18.7 Å². The van der Waals surface area contributed by atoms with Gasteiger partial charge in [-0.2, -0.15) is 0 Å². The van der Waals surface area contributed by atoms with Crippen LogP contribution in [0.5, 0.6) is 17.4 Å². The Bertz CT molecular complexity index is 1210. The Balaban J connectivity index is 1.25. The van der Waals surface area contributed by atoms with E-state index < -0.39 is 0 Å². The fraction of sp³-hybridized carbons (Fsp3) is 0.375. The lowest BCUT2D eigenvalue weighted by Gasteiger charge is -2.22. The maximum Gasteiger partial charge on any atom is 0.206 e. The Hall–Kier alpha value is -3.43. The average molecular weight is 450 g/mol. The molecule has 172 valence electrons. The lowest BCUT2D eigenvalue weighted by Crippen LogP contribution is -2.25. The lowest BCUT2D eigenvalue weighted by molar-refractivity contribution is -0.0388. The first-order valence-electron chi connectivity index (χ1n) is 11.1. The molecule has 0 atom stereocenters. The quantitative estimate of drug-likeness (QED) is 0.378. The van der Waals surface area contributed by atoms with Crippen molar-refractivity contribution in [2.75, 3.05) is 26.4 Å². The van der Waals surface area contributed by atoms with Crippen LogP contribution in [0.4, 0.5) is 0 Å². The number of benzene rings is 1. The van der Waals surface area contributed by atoms with Crippen molar-refractivity contribution in [2.24, 2.45) is 7.05 Å². The summed E-state index contributed by atoms with van der Waals surface area (Å²) < 4.78 is 27.0. The van der Waals surface area contributed by atoms with E-state index >= 15 is 0 Å². The van der Waals surface area contributed by atoms with Crippen molar-refractivity contribution in [3.05, 3.63) is 54.7 Å². The van der Waals surface area contributed by atoms with Gasteiger partial charge in [-0.05, 0) is 50.1 Å². The second-order valence-corrected chi connectivity index (χ2v) is 8.01. The van der Waals surface area contributed by atoms with Crippen LogP contribution in [0.2, 0.25) is 0 Å². The Morgan fingerprint density at radius 1 is 1.03 bits per heavy atom. The zero-order valence-corrected chi connectivity index (χ0v) is 18.8. The summed E-state index contributed by atoms with van der Waals surface area (Å²) in [6.45, 7) is 4.55. The highest BCUT2D eigenvalue weighted by molar-refractivity contribution is 5.66. The molecule has 0 unspecified atom stereocenters. The average Bonchev–Trinajstić information content (AvgIpc) is 3.45. The van der Waals surface area contributed by atoms with Crippen LogP contribution >= 0.6 is 0 Å². The standard InChI is InChI=1S/C24H27N5O4/c1-17-26-27-24(28(17)2)18-13-19-15-25-16-29(19)23(14-18)33-22-5-3-20(4-6-22)31-11-12-32-21-7-9-30-10-8-21/h3-6,13-16,21H,7-12H2,1-2H3. The third kappa shape index (κ3) is 4.84. The number of nitrogens with zero attached hydrogens (tertiary/aromatic N) is 5. The van der Waals surface area contributed by atoms with Crippen molar-refractivity contribution in [3.8, 4) is 28.8 Å². The Morgan fingerprint density at radius 3 is 2.58 bits per heavy atom. The first-order chi connectivity index (χ1) is 16.2. The van der Waals surface area contributed by atoms with Gasteiger partial charge in [0.2, 0.25) is 5.88 Å². The van der Waals surface area contributed by atoms with Gasteiger partial charge in [-0.1, -0.05) is 0 Å². The van der Waals surface area contributed by atoms with Crippen LogP contribution in [-0.4, -0.2) is 56.7 Å². The number of fused-ring (bicyclic) bond motifs is 1. The lowest BCUT2D eigenvalue weighted by atomic mass is 10.2. The number of ether oxygens (including phenoxy) is 4. The van der Waals surface area contributed by atoms with Gasteiger partial charge in [-0.15, -0.1) is 10.2 Å². The van der Waals surface area contributed by atoms with Crippen LogP contribution in [0.25, 0.3) is 16.9 Å². The van der Waals surface area contributed by atoms with E-state index in [0.29, 0.717) is 24.8 Å². The highest BCUT2D eigenvalue weighted by atomic mass is 16.5. The Labute approximate surface area is 191 Å². The first kappa shape index (κ1) is 21.4. The monoisotopic (exact) mass is 449 g/mol. The van der Waals surface area contributed by atoms with E-state index in [-0.39, 0.29) is 6.10 Å². The summed E-state index contributed by atoms with van der Waals surface area (Å²) in [5.74, 6) is 3.72. The molecule has 0 spiro atoms. The van der Waals surface area contributed by atoms with Crippen molar-refractivity contribution in [1.82, 2.24) is 24.1 Å². The summed E-state index contributed by atoms with van der Waals surface area (Å²) in [6.07, 6.45) is 5.70. The number of aromatic nitrogens is 5. The fourth-order valence-electron chi connectivity index (χ4n) is 3.81. The van der Waals surface area contributed by atoms with Crippen LogP contribution in [0.3, 0.4) is 0 Å². The second kappa shape index (κ2) is 9.60. The maximum absolute atomic E-state index is 6.19. The number of rotatable bonds is 8. The van der Waals surface area contributed by atoms with E-state index in [1.54, 1.807) is 12.5 Å². The molecule has 1 fully saturated rings. The molecule has 33 heavy (non-hydrogen) atoms. The molecule has 4 aromatic rings. The second-order valence-electron chi connectivity index (χ2n) is 8.01. The molecule has 4 heterocycles. The van der Waals surface area contributed by atoms with Gasteiger partial charge in [-0.3, -0.25) is 4.40 Å². The van der Waals surface area contributed by atoms with Gasteiger partial charge >= 0.3 is 0 Å². The van der Waals surface area contributed by atoms with Crippen molar-refractivity contribution in [3.63, 3.8) is 0 Å². The molecule has 0 saturated carbocycles. The molecule has 1 aliphatic rings.